The SMILES string of the molecule is Fc1ccc(Cl)c(-c2cnc(OC3C[C@@H]4CN(CC5CCOCC5)C[C@H]4C3)nc2)c1. The number of aromatic nitrogens is 2. The van der Waals surface area contributed by atoms with Gasteiger partial charge in [-0.2, -0.15) is 0 Å². The van der Waals surface area contributed by atoms with E-state index in [9.17, 15) is 4.39 Å². The second-order valence-electron chi connectivity index (χ2n) is 8.88. The largest absolute Gasteiger partial charge is 0.460 e. The number of rotatable bonds is 5. The van der Waals surface area contributed by atoms with Gasteiger partial charge in [0.1, 0.15) is 11.9 Å². The third-order valence-electron chi connectivity index (χ3n) is 6.78. The van der Waals surface area contributed by atoms with Crippen molar-refractivity contribution in [3.63, 3.8) is 0 Å². The fraction of sp³-hybridized carbons (Fsp3) is 0.565. The summed E-state index contributed by atoms with van der Waals surface area (Å²) < 4.78 is 25.1. The first kappa shape index (κ1) is 20.2. The van der Waals surface area contributed by atoms with E-state index in [0.29, 0.717) is 34.0 Å². The van der Waals surface area contributed by atoms with Gasteiger partial charge < -0.3 is 14.4 Å². The van der Waals surface area contributed by atoms with Crippen LogP contribution in [0, 0.1) is 23.6 Å². The van der Waals surface area contributed by atoms with E-state index in [0.717, 1.165) is 32.0 Å². The Balaban J connectivity index is 1.14. The zero-order valence-corrected chi connectivity index (χ0v) is 17.7. The Morgan fingerprint density at radius 2 is 1.80 bits per heavy atom. The van der Waals surface area contributed by atoms with Crippen LogP contribution >= 0.6 is 11.6 Å². The van der Waals surface area contributed by atoms with Crippen LogP contribution in [0.5, 0.6) is 6.01 Å². The maximum Gasteiger partial charge on any atom is 0.316 e. The van der Waals surface area contributed by atoms with E-state index in [1.807, 2.05) is 0 Å². The van der Waals surface area contributed by atoms with E-state index >= 15 is 0 Å². The van der Waals surface area contributed by atoms with Crippen LogP contribution in [0.25, 0.3) is 11.1 Å². The van der Waals surface area contributed by atoms with E-state index < -0.39 is 0 Å². The fourth-order valence-corrected chi connectivity index (χ4v) is 5.49. The summed E-state index contributed by atoms with van der Waals surface area (Å²) in [6, 6.07) is 4.66. The molecule has 0 radical (unpaired) electrons. The molecule has 5 rings (SSSR count). The molecule has 3 fully saturated rings. The van der Waals surface area contributed by atoms with Crippen LogP contribution < -0.4 is 4.74 Å². The topological polar surface area (TPSA) is 47.5 Å². The standard InChI is InChI=1S/C23H27ClFN3O2/c24-22-2-1-19(25)9-21(22)18-10-26-23(27-11-18)30-20-7-16-13-28(14-17(16)8-20)12-15-3-5-29-6-4-15/h1-2,9-11,15-17,20H,3-8,12-14H2/t16-,17-/m1/s1. The predicted molar refractivity (Wildman–Crippen MR) is 113 cm³/mol. The lowest BCUT2D eigenvalue weighted by atomic mass is 10.00. The Morgan fingerprint density at radius 3 is 2.50 bits per heavy atom. The molecule has 0 unspecified atom stereocenters. The first-order chi connectivity index (χ1) is 14.6. The minimum Gasteiger partial charge on any atom is -0.460 e. The van der Waals surface area contributed by atoms with Gasteiger partial charge in [-0.15, -0.1) is 0 Å². The maximum atomic E-state index is 13.5. The number of ether oxygens (including phenoxy) is 2. The molecule has 1 aliphatic carbocycles. The van der Waals surface area contributed by atoms with Crippen LogP contribution in [0.2, 0.25) is 5.02 Å². The van der Waals surface area contributed by atoms with E-state index in [4.69, 9.17) is 21.1 Å². The Labute approximate surface area is 181 Å². The lowest BCUT2D eigenvalue weighted by Gasteiger charge is -2.27. The number of fused-ring (bicyclic) bond motifs is 1. The average Bonchev–Trinajstić information content (AvgIpc) is 3.29. The van der Waals surface area contributed by atoms with E-state index in [1.165, 1.54) is 44.6 Å². The molecule has 3 aliphatic rings. The third-order valence-corrected chi connectivity index (χ3v) is 7.11. The van der Waals surface area contributed by atoms with Crippen molar-refractivity contribution in [1.29, 1.82) is 0 Å². The van der Waals surface area contributed by atoms with Gasteiger partial charge in [0, 0.05) is 61.4 Å². The van der Waals surface area contributed by atoms with Crippen molar-refractivity contribution in [2.75, 3.05) is 32.8 Å². The highest BCUT2D eigenvalue weighted by atomic mass is 35.5. The van der Waals surface area contributed by atoms with Crippen LogP contribution in [-0.2, 0) is 4.74 Å². The summed E-state index contributed by atoms with van der Waals surface area (Å²) in [7, 11) is 0. The summed E-state index contributed by atoms with van der Waals surface area (Å²) in [4.78, 5) is 11.3. The average molecular weight is 432 g/mol. The van der Waals surface area contributed by atoms with Gasteiger partial charge in [0.2, 0.25) is 0 Å². The van der Waals surface area contributed by atoms with Crippen LogP contribution in [0.1, 0.15) is 25.7 Å². The minimum atomic E-state index is -0.335. The summed E-state index contributed by atoms with van der Waals surface area (Å²) in [6.45, 7) is 5.42. The maximum absolute atomic E-state index is 13.5. The van der Waals surface area contributed by atoms with Gasteiger partial charge in [-0.25, -0.2) is 14.4 Å². The molecule has 2 aromatic rings. The molecule has 0 spiro atoms. The number of likely N-dealkylation sites (tertiary alicyclic amines) is 1. The van der Waals surface area contributed by atoms with Crippen LogP contribution in [0.3, 0.4) is 0 Å². The molecule has 0 amide bonds. The minimum absolute atomic E-state index is 0.175. The molecule has 160 valence electrons. The first-order valence-electron chi connectivity index (χ1n) is 10.9. The molecule has 0 N–H and O–H groups in total. The van der Waals surface area contributed by atoms with Gasteiger partial charge >= 0.3 is 6.01 Å². The van der Waals surface area contributed by atoms with Gasteiger partial charge in [-0.05, 0) is 61.6 Å². The van der Waals surface area contributed by atoms with Crippen molar-refractivity contribution in [1.82, 2.24) is 14.9 Å². The second kappa shape index (κ2) is 8.77. The van der Waals surface area contributed by atoms with E-state index in [2.05, 4.69) is 14.9 Å². The summed E-state index contributed by atoms with van der Waals surface area (Å²) >= 11 is 6.17. The van der Waals surface area contributed by atoms with Gasteiger partial charge in [-0.1, -0.05) is 11.6 Å². The highest BCUT2D eigenvalue weighted by molar-refractivity contribution is 6.33. The normalized spacial score (nSPS) is 25.5. The Kier molecular flexibility index (Phi) is 5.89. The van der Waals surface area contributed by atoms with Crippen molar-refractivity contribution in [2.45, 2.75) is 31.8 Å². The molecule has 30 heavy (non-hydrogen) atoms. The van der Waals surface area contributed by atoms with Crippen LogP contribution in [-0.4, -0.2) is 53.8 Å². The molecular formula is C23H27ClFN3O2. The summed E-state index contributed by atoms with van der Waals surface area (Å²) in [5.41, 5.74) is 1.27. The quantitative estimate of drug-likeness (QED) is 0.699. The Morgan fingerprint density at radius 1 is 1.10 bits per heavy atom. The number of halogens is 2. The van der Waals surface area contributed by atoms with Crippen LogP contribution in [0.4, 0.5) is 4.39 Å². The zero-order valence-electron chi connectivity index (χ0n) is 17.0. The summed E-state index contributed by atoms with van der Waals surface area (Å²) in [5.74, 6) is 1.88. The van der Waals surface area contributed by atoms with Crippen molar-refractivity contribution in [3.05, 3.63) is 41.4 Å². The lowest BCUT2D eigenvalue weighted by Crippen LogP contribution is -2.32. The van der Waals surface area contributed by atoms with Crippen molar-refractivity contribution in [3.8, 4) is 17.1 Å². The van der Waals surface area contributed by atoms with Crippen molar-refractivity contribution >= 4 is 11.6 Å². The smallest absolute Gasteiger partial charge is 0.316 e. The molecule has 2 aliphatic heterocycles. The van der Waals surface area contributed by atoms with E-state index in [-0.39, 0.29) is 11.9 Å². The fourth-order valence-electron chi connectivity index (χ4n) is 5.26. The van der Waals surface area contributed by atoms with Crippen molar-refractivity contribution < 1.29 is 13.9 Å². The molecule has 1 aromatic carbocycles. The van der Waals surface area contributed by atoms with Gasteiger partial charge in [0.15, 0.2) is 0 Å². The molecule has 3 heterocycles. The molecule has 5 nitrogen and oxygen atoms in total. The third kappa shape index (κ3) is 4.46. The molecule has 2 atom stereocenters. The summed E-state index contributed by atoms with van der Waals surface area (Å²) in [6.07, 6.45) is 8.00. The Bertz CT molecular complexity index is 861. The van der Waals surface area contributed by atoms with Gasteiger partial charge in [-0.3, -0.25) is 0 Å². The van der Waals surface area contributed by atoms with E-state index in [1.54, 1.807) is 18.5 Å². The van der Waals surface area contributed by atoms with Gasteiger partial charge in [0.05, 0.1) is 0 Å². The number of hydrogen-bond donors (Lipinski definition) is 0. The number of benzene rings is 1. The lowest BCUT2D eigenvalue weighted by molar-refractivity contribution is 0.0539. The molecule has 0 bridgehead atoms. The molecule has 1 aromatic heterocycles. The second-order valence-corrected chi connectivity index (χ2v) is 9.29. The molecular weight excluding hydrogens is 405 g/mol. The molecule has 7 heteroatoms. The Hall–Kier alpha value is -1.76. The number of nitrogens with zero attached hydrogens (tertiary/aromatic N) is 3. The highest BCUT2D eigenvalue weighted by Gasteiger charge is 2.42. The highest BCUT2D eigenvalue weighted by Crippen LogP contribution is 2.40. The van der Waals surface area contributed by atoms with Crippen LogP contribution in [0.15, 0.2) is 30.6 Å². The molecule has 1 saturated carbocycles. The van der Waals surface area contributed by atoms with Gasteiger partial charge in [0.25, 0.3) is 0 Å². The molecule has 2 saturated heterocycles. The zero-order chi connectivity index (χ0) is 20.5. The summed E-state index contributed by atoms with van der Waals surface area (Å²) in [5, 5.41) is 0.475. The monoisotopic (exact) mass is 431 g/mol. The first-order valence-corrected chi connectivity index (χ1v) is 11.3. The predicted octanol–water partition coefficient (Wildman–Crippen LogP) is 4.45. The van der Waals surface area contributed by atoms with Crippen molar-refractivity contribution in [2.24, 2.45) is 17.8 Å². The number of hydrogen-bond acceptors (Lipinski definition) is 5.